The molecule has 0 atom stereocenters. The first-order chi connectivity index (χ1) is 9.06. The lowest BCUT2D eigenvalue weighted by Gasteiger charge is -2.30. The molecular formula is C13H15FN2O3. The minimum absolute atomic E-state index is 0.282. The van der Waals surface area contributed by atoms with Crippen molar-refractivity contribution in [2.24, 2.45) is 5.92 Å². The van der Waals surface area contributed by atoms with Crippen LogP contribution in [0.5, 0.6) is 0 Å². The van der Waals surface area contributed by atoms with E-state index in [1.165, 1.54) is 24.3 Å². The van der Waals surface area contributed by atoms with Crippen LogP contribution in [-0.4, -0.2) is 35.1 Å². The van der Waals surface area contributed by atoms with Gasteiger partial charge in [0.2, 0.25) is 0 Å². The number of amides is 2. The van der Waals surface area contributed by atoms with E-state index in [1.807, 2.05) is 0 Å². The Morgan fingerprint density at radius 3 is 2.32 bits per heavy atom. The van der Waals surface area contributed by atoms with Gasteiger partial charge in [0, 0.05) is 18.8 Å². The van der Waals surface area contributed by atoms with Gasteiger partial charge in [0.25, 0.3) is 0 Å². The number of piperidine rings is 1. The number of hydrogen-bond acceptors (Lipinski definition) is 2. The summed E-state index contributed by atoms with van der Waals surface area (Å²) < 4.78 is 12.7. The number of rotatable bonds is 2. The Labute approximate surface area is 110 Å². The predicted molar refractivity (Wildman–Crippen MR) is 67.4 cm³/mol. The molecule has 2 amide bonds. The summed E-state index contributed by atoms with van der Waals surface area (Å²) in [5, 5.41) is 11.5. The maximum atomic E-state index is 12.7. The lowest BCUT2D eigenvalue weighted by molar-refractivity contribution is -0.143. The Balaban J connectivity index is 1.88. The molecule has 0 aliphatic carbocycles. The number of likely N-dealkylation sites (tertiary alicyclic amines) is 1. The molecule has 2 rings (SSSR count). The van der Waals surface area contributed by atoms with E-state index in [2.05, 4.69) is 5.32 Å². The summed E-state index contributed by atoms with van der Waals surface area (Å²) in [6, 6.07) is 5.22. The minimum Gasteiger partial charge on any atom is -0.481 e. The van der Waals surface area contributed by atoms with Crippen LogP contribution in [0.1, 0.15) is 12.8 Å². The molecule has 6 heteroatoms. The van der Waals surface area contributed by atoms with Gasteiger partial charge in [-0.2, -0.15) is 0 Å². The van der Waals surface area contributed by atoms with Crippen LogP contribution >= 0.6 is 0 Å². The third-order valence-electron chi connectivity index (χ3n) is 3.23. The van der Waals surface area contributed by atoms with Gasteiger partial charge >= 0.3 is 12.0 Å². The second kappa shape index (κ2) is 5.69. The number of halogens is 1. The fraction of sp³-hybridized carbons (Fsp3) is 0.385. The third-order valence-corrected chi connectivity index (χ3v) is 3.23. The van der Waals surface area contributed by atoms with Gasteiger partial charge in [-0.15, -0.1) is 0 Å². The van der Waals surface area contributed by atoms with Crippen LogP contribution in [0.15, 0.2) is 24.3 Å². The number of benzene rings is 1. The molecule has 5 nitrogen and oxygen atoms in total. The number of carboxylic acids is 1. The fourth-order valence-electron chi connectivity index (χ4n) is 2.07. The normalized spacial score (nSPS) is 16.2. The van der Waals surface area contributed by atoms with Crippen molar-refractivity contribution in [1.29, 1.82) is 0 Å². The Bertz CT molecular complexity index is 467. The van der Waals surface area contributed by atoms with Crippen LogP contribution in [-0.2, 0) is 4.79 Å². The van der Waals surface area contributed by atoms with E-state index in [-0.39, 0.29) is 17.8 Å². The Morgan fingerprint density at radius 1 is 1.21 bits per heavy atom. The first kappa shape index (κ1) is 13.3. The molecule has 0 aromatic heterocycles. The van der Waals surface area contributed by atoms with Gasteiger partial charge in [-0.3, -0.25) is 4.79 Å². The number of hydrogen-bond donors (Lipinski definition) is 2. The smallest absolute Gasteiger partial charge is 0.321 e. The zero-order valence-electron chi connectivity index (χ0n) is 10.3. The molecule has 1 heterocycles. The summed E-state index contributed by atoms with van der Waals surface area (Å²) >= 11 is 0. The molecule has 1 fully saturated rings. The van der Waals surface area contributed by atoms with Gasteiger partial charge in [0.05, 0.1) is 5.92 Å². The molecule has 0 unspecified atom stereocenters. The summed E-state index contributed by atoms with van der Waals surface area (Å²) in [7, 11) is 0. The number of nitrogens with one attached hydrogen (secondary N) is 1. The van der Waals surface area contributed by atoms with Crippen molar-refractivity contribution in [2.45, 2.75) is 12.8 Å². The van der Waals surface area contributed by atoms with Crippen LogP contribution in [0.25, 0.3) is 0 Å². The van der Waals surface area contributed by atoms with E-state index in [9.17, 15) is 14.0 Å². The van der Waals surface area contributed by atoms with Crippen molar-refractivity contribution in [1.82, 2.24) is 4.90 Å². The highest BCUT2D eigenvalue weighted by Crippen LogP contribution is 2.18. The number of nitrogens with zero attached hydrogens (tertiary/aromatic N) is 1. The molecule has 0 saturated carbocycles. The lowest BCUT2D eigenvalue weighted by atomic mass is 9.97. The highest BCUT2D eigenvalue weighted by molar-refractivity contribution is 5.89. The van der Waals surface area contributed by atoms with E-state index in [0.29, 0.717) is 31.6 Å². The summed E-state index contributed by atoms with van der Waals surface area (Å²) in [6.07, 6.45) is 0.929. The highest BCUT2D eigenvalue weighted by atomic mass is 19.1. The number of anilines is 1. The van der Waals surface area contributed by atoms with Crippen molar-refractivity contribution < 1.29 is 19.1 Å². The molecule has 1 aromatic carbocycles. The van der Waals surface area contributed by atoms with E-state index >= 15 is 0 Å². The average Bonchev–Trinajstić information content (AvgIpc) is 2.41. The van der Waals surface area contributed by atoms with Crippen LogP contribution in [0.4, 0.5) is 14.9 Å². The molecule has 0 radical (unpaired) electrons. The van der Waals surface area contributed by atoms with Crippen LogP contribution in [0.3, 0.4) is 0 Å². The molecule has 0 bridgehead atoms. The van der Waals surface area contributed by atoms with E-state index in [1.54, 1.807) is 4.90 Å². The number of carbonyl (C=O) groups excluding carboxylic acids is 1. The van der Waals surface area contributed by atoms with Crippen molar-refractivity contribution in [3.8, 4) is 0 Å². The Kier molecular flexibility index (Phi) is 3.99. The summed E-state index contributed by atoms with van der Waals surface area (Å²) in [5.74, 6) is -1.53. The zero-order valence-corrected chi connectivity index (χ0v) is 10.3. The molecule has 1 aliphatic rings. The molecule has 102 valence electrons. The van der Waals surface area contributed by atoms with Gasteiger partial charge in [0.1, 0.15) is 5.82 Å². The van der Waals surface area contributed by atoms with Crippen molar-refractivity contribution >= 4 is 17.7 Å². The third kappa shape index (κ3) is 3.43. The zero-order chi connectivity index (χ0) is 13.8. The van der Waals surface area contributed by atoms with Crippen molar-refractivity contribution in [2.75, 3.05) is 18.4 Å². The standard InChI is InChI=1S/C13H15FN2O3/c14-10-1-3-11(4-2-10)15-13(19)16-7-5-9(6-8-16)12(17)18/h1-4,9H,5-8H2,(H,15,19)(H,17,18). The average molecular weight is 266 g/mol. The van der Waals surface area contributed by atoms with Crippen LogP contribution < -0.4 is 5.32 Å². The van der Waals surface area contributed by atoms with Gasteiger partial charge in [0.15, 0.2) is 0 Å². The first-order valence-corrected chi connectivity index (χ1v) is 6.10. The topological polar surface area (TPSA) is 69.6 Å². The maximum Gasteiger partial charge on any atom is 0.321 e. The Morgan fingerprint density at radius 2 is 1.79 bits per heavy atom. The molecule has 0 spiro atoms. The second-order valence-corrected chi connectivity index (χ2v) is 4.54. The van der Waals surface area contributed by atoms with Crippen LogP contribution in [0, 0.1) is 11.7 Å². The van der Waals surface area contributed by atoms with Gasteiger partial charge < -0.3 is 15.3 Å². The molecular weight excluding hydrogens is 251 g/mol. The maximum absolute atomic E-state index is 12.7. The quantitative estimate of drug-likeness (QED) is 0.861. The lowest BCUT2D eigenvalue weighted by Crippen LogP contribution is -2.42. The molecule has 1 aliphatic heterocycles. The van der Waals surface area contributed by atoms with Gasteiger partial charge in [-0.05, 0) is 37.1 Å². The number of carboxylic acid groups (broad SMARTS) is 1. The Hall–Kier alpha value is -2.11. The van der Waals surface area contributed by atoms with E-state index < -0.39 is 5.97 Å². The van der Waals surface area contributed by atoms with Crippen molar-refractivity contribution in [3.05, 3.63) is 30.1 Å². The predicted octanol–water partition coefficient (Wildman–Crippen LogP) is 2.15. The van der Waals surface area contributed by atoms with E-state index in [4.69, 9.17) is 5.11 Å². The minimum atomic E-state index is -0.807. The summed E-state index contributed by atoms with van der Waals surface area (Å²) in [4.78, 5) is 24.3. The van der Waals surface area contributed by atoms with Crippen molar-refractivity contribution in [3.63, 3.8) is 0 Å². The first-order valence-electron chi connectivity index (χ1n) is 6.10. The van der Waals surface area contributed by atoms with E-state index in [0.717, 1.165) is 0 Å². The molecule has 2 N–H and O–H groups in total. The fourth-order valence-corrected chi connectivity index (χ4v) is 2.07. The number of carbonyl (C=O) groups is 2. The second-order valence-electron chi connectivity index (χ2n) is 4.54. The SMILES string of the molecule is O=C(O)C1CCN(C(=O)Nc2ccc(F)cc2)CC1. The molecule has 1 aromatic rings. The monoisotopic (exact) mass is 266 g/mol. The van der Waals surface area contributed by atoms with Crippen LogP contribution in [0.2, 0.25) is 0 Å². The summed E-state index contributed by atoms with van der Waals surface area (Å²) in [6.45, 7) is 0.841. The summed E-state index contributed by atoms with van der Waals surface area (Å²) in [5.41, 5.74) is 0.520. The molecule has 1 saturated heterocycles. The number of aliphatic carboxylic acids is 1. The largest absolute Gasteiger partial charge is 0.481 e. The van der Waals surface area contributed by atoms with Gasteiger partial charge in [-0.25, -0.2) is 9.18 Å². The van der Waals surface area contributed by atoms with Gasteiger partial charge in [-0.1, -0.05) is 0 Å². The number of urea groups is 1. The molecule has 19 heavy (non-hydrogen) atoms. The highest BCUT2D eigenvalue weighted by Gasteiger charge is 2.26.